The van der Waals surface area contributed by atoms with Crippen LogP contribution in [0.3, 0.4) is 0 Å². The van der Waals surface area contributed by atoms with Crippen LogP contribution in [0.1, 0.15) is 35.4 Å². The number of hydrogen-bond donors (Lipinski definition) is 1. The van der Waals surface area contributed by atoms with Crippen molar-refractivity contribution in [3.05, 3.63) is 51.7 Å². The fourth-order valence-corrected chi connectivity index (χ4v) is 4.02. The zero-order chi connectivity index (χ0) is 16.2. The van der Waals surface area contributed by atoms with E-state index in [0.717, 1.165) is 24.9 Å². The van der Waals surface area contributed by atoms with Gasteiger partial charge in [-0.15, -0.1) is 11.3 Å². The Morgan fingerprint density at radius 3 is 3.09 bits per heavy atom. The van der Waals surface area contributed by atoms with Crippen LogP contribution in [0.4, 0.5) is 0 Å². The maximum atomic E-state index is 12.6. The Morgan fingerprint density at radius 2 is 2.30 bits per heavy atom. The predicted molar refractivity (Wildman–Crippen MR) is 90.6 cm³/mol. The van der Waals surface area contributed by atoms with E-state index in [1.807, 2.05) is 17.0 Å². The highest BCUT2D eigenvalue weighted by atomic mass is 32.1. The van der Waals surface area contributed by atoms with Crippen LogP contribution in [-0.4, -0.2) is 29.1 Å². The lowest BCUT2D eigenvalue weighted by Gasteiger charge is -2.35. The molecule has 1 N–H and O–H groups in total. The van der Waals surface area contributed by atoms with Crippen LogP contribution < -0.4 is 4.74 Å². The van der Waals surface area contributed by atoms with Crippen molar-refractivity contribution in [3.8, 4) is 5.75 Å². The smallest absolute Gasteiger partial charge is 0.261 e. The van der Waals surface area contributed by atoms with Gasteiger partial charge in [-0.25, -0.2) is 0 Å². The number of carbonyl (C=O) groups excluding carboxylic acids is 1. The van der Waals surface area contributed by atoms with Crippen molar-refractivity contribution >= 4 is 17.2 Å². The van der Waals surface area contributed by atoms with Crippen molar-refractivity contribution in [2.75, 3.05) is 13.2 Å². The Labute approximate surface area is 140 Å². The van der Waals surface area contributed by atoms with Crippen molar-refractivity contribution in [1.82, 2.24) is 4.90 Å². The van der Waals surface area contributed by atoms with E-state index in [0.29, 0.717) is 5.75 Å². The van der Waals surface area contributed by atoms with Gasteiger partial charge in [0.2, 0.25) is 0 Å². The summed E-state index contributed by atoms with van der Waals surface area (Å²) in [6.45, 7) is 2.87. The van der Waals surface area contributed by atoms with Crippen molar-refractivity contribution in [2.24, 2.45) is 0 Å². The second kappa shape index (κ2) is 7.15. The standard InChI is InChI=1S/C18H21NO3S/c1-2-16-15-7-9-23-17(15)6-8-19(16)18(21)12-22-14-5-3-4-13(10-14)11-20/h3-5,7,9-10,16,20H,2,6,8,11-12H2,1H3. The molecule has 122 valence electrons. The van der Waals surface area contributed by atoms with E-state index >= 15 is 0 Å². The highest BCUT2D eigenvalue weighted by Gasteiger charge is 2.30. The van der Waals surface area contributed by atoms with Gasteiger partial charge in [0.1, 0.15) is 5.75 Å². The highest BCUT2D eigenvalue weighted by molar-refractivity contribution is 7.10. The number of hydrogen-bond acceptors (Lipinski definition) is 4. The molecule has 1 aliphatic rings. The first-order chi connectivity index (χ1) is 11.2. The second-order valence-corrected chi connectivity index (χ2v) is 6.66. The van der Waals surface area contributed by atoms with Gasteiger partial charge in [0.05, 0.1) is 12.6 Å². The lowest BCUT2D eigenvalue weighted by atomic mass is 9.98. The van der Waals surface area contributed by atoms with Crippen LogP contribution in [0.5, 0.6) is 5.75 Å². The van der Waals surface area contributed by atoms with Crippen LogP contribution in [0.15, 0.2) is 35.7 Å². The third-order valence-corrected chi connectivity index (χ3v) is 5.24. The van der Waals surface area contributed by atoms with Crippen molar-refractivity contribution in [3.63, 3.8) is 0 Å². The summed E-state index contributed by atoms with van der Waals surface area (Å²) in [6.07, 6.45) is 1.84. The average Bonchev–Trinajstić information content (AvgIpc) is 3.07. The summed E-state index contributed by atoms with van der Waals surface area (Å²) in [4.78, 5) is 15.9. The number of amides is 1. The molecule has 5 heteroatoms. The quantitative estimate of drug-likeness (QED) is 0.915. The molecule has 2 heterocycles. The van der Waals surface area contributed by atoms with Gasteiger partial charge >= 0.3 is 0 Å². The van der Waals surface area contributed by atoms with Crippen molar-refractivity contribution in [2.45, 2.75) is 32.4 Å². The third-order valence-electron chi connectivity index (χ3n) is 4.25. The molecule has 1 aliphatic heterocycles. The van der Waals surface area contributed by atoms with Gasteiger partial charge in [-0.2, -0.15) is 0 Å². The Hall–Kier alpha value is -1.85. The van der Waals surface area contributed by atoms with Crippen LogP contribution in [-0.2, 0) is 17.8 Å². The van der Waals surface area contributed by atoms with E-state index in [1.165, 1.54) is 10.4 Å². The van der Waals surface area contributed by atoms with Gasteiger partial charge < -0.3 is 14.7 Å². The SMILES string of the molecule is CCC1c2ccsc2CCN1C(=O)COc1cccc(CO)c1. The number of aliphatic hydroxyl groups is 1. The lowest BCUT2D eigenvalue weighted by Crippen LogP contribution is -2.41. The number of ether oxygens (including phenoxy) is 1. The summed E-state index contributed by atoms with van der Waals surface area (Å²) in [5.74, 6) is 0.634. The summed E-state index contributed by atoms with van der Waals surface area (Å²) in [7, 11) is 0. The van der Waals surface area contributed by atoms with Crippen molar-refractivity contribution < 1.29 is 14.6 Å². The third kappa shape index (κ3) is 3.41. The first-order valence-corrected chi connectivity index (χ1v) is 8.79. The Bertz CT molecular complexity index is 682. The molecule has 0 bridgehead atoms. The monoisotopic (exact) mass is 331 g/mol. The first kappa shape index (κ1) is 16.0. The van der Waals surface area contributed by atoms with E-state index in [-0.39, 0.29) is 25.2 Å². The second-order valence-electron chi connectivity index (χ2n) is 5.65. The Balaban J connectivity index is 1.66. The molecule has 0 radical (unpaired) electrons. The highest BCUT2D eigenvalue weighted by Crippen LogP contribution is 2.35. The normalized spacial score (nSPS) is 17.0. The number of aliphatic hydroxyl groups excluding tert-OH is 1. The first-order valence-electron chi connectivity index (χ1n) is 7.91. The predicted octanol–water partition coefficient (Wildman–Crippen LogP) is 3.16. The molecular formula is C18H21NO3S. The fraction of sp³-hybridized carbons (Fsp3) is 0.389. The van der Waals surface area contributed by atoms with Gasteiger partial charge in [-0.3, -0.25) is 4.79 Å². The molecule has 2 aromatic rings. The minimum absolute atomic E-state index is 0.0168. The van der Waals surface area contributed by atoms with E-state index in [1.54, 1.807) is 23.5 Å². The molecular weight excluding hydrogens is 310 g/mol. The number of thiophene rings is 1. The number of nitrogens with zero attached hydrogens (tertiary/aromatic N) is 1. The molecule has 3 rings (SSSR count). The molecule has 0 fully saturated rings. The molecule has 1 amide bonds. The molecule has 0 saturated carbocycles. The molecule has 1 aromatic heterocycles. The Kier molecular flexibility index (Phi) is 4.98. The zero-order valence-corrected chi connectivity index (χ0v) is 14.0. The number of benzene rings is 1. The largest absolute Gasteiger partial charge is 0.484 e. The molecule has 4 nitrogen and oxygen atoms in total. The summed E-state index contributed by atoms with van der Waals surface area (Å²) < 4.78 is 5.63. The van der Waals surface area contributed by atoms with Gasteiger partial charge in [0.25, 0.3) is 5.91 Å². The molecule has 0 saturated heterocycles. The van der Waals surface area contributed by atoms with Crippen LogP contribution >= 0.6 is 11.3 Å². The number of carbonyl (C=O) groups is 1. The molecule has 1 aromatic carbocycles. The minimum Gasteiger partial charge on any atom is -0.484 e. The summed E-state index contributed by atoms with van der Waals surface area (Å²) in [6, 6.07) is 9.50. The molecule has 0 spiro atoms. The molecule has 23 heavy (non-hydrogen) atoms. The lowest BCUT2D eigenvalue weighted by molar-refractivity contribution is -0.136. The van der Waals surface area contributed by atoms with Crippen LogP contribution in [0.2, 0.25) is 0 Å². The maximum Gasteiger partial charge on any atom is 0.261 e. The topological polar surface area (TPSA) is 49.8 Å². The number of fused-ring (bicyclic) bond motifs is 1. The Morgan fingerprint density at radius 1 is 1.43 bits per heavy atom. The van der Waals surface area contributed by atoms with Gasteiger partial charge in [-0.1, -0.05) is 19.1 Å². The van der Waals surface area contributed by atoms with E-state index < -0.39 is 0 Å². The molecule has 1 atom stereocenters. The fourth-order valence-electron chi connectivity index (χ4n) is 3.10. The van der Waals surface area contributed by atoms with Crippen LogP contribution in [0, 0.1) is 0 Å². The van der Waals surface area contributed by atoms with Gasteiger partial charge in [0, 0.05) is 11.4 Å². The van der Waals surface area contributed by atoms with Crippen molar-refractivity contribution in [1.29, 1.82) is 0 Å². The zero-order valence-electron chi connectivity index (χ0n) is 13.2. The summed E-state index contributed by atoms with van der Waals surface area (Å²) >= 11 is 1.78. The van der Waals surface area contributed by atoms with Gasteiger partial charge in [0.15, 0.2) is 6.61 Å². The van der Waals surface area contributed by atoms with Crippen LogP contribution in [0.25, 0.3) is 0 Å². The van der Waals surface area contributed by atoms with E-state index in [9.17, 15) is 4.79 Å². The van der Waals surface area contributed by atoms with Gasteiger partial charge in [-0.05, 0) is 47.5 Å². The maximum absolute atomic E-state index is 12.6. The molecule has 0 aliphatic carbocycles. The number of rotatable bonds is 5. The minimum atomic E-state index is -0.0316. The van der Waals surface area contributed by atoms with E-state index in [2.05, 4.69) is 18.4 Å². The summed E-state index contributed by atoms with van der Waals surface area (Å²) in [5.41, 5.74) is 2.07. The summed E-state index contributed by atoms with van der Waals surface area (Å²) in [5, 5.41) is 11.3. The molecule has 1 unspecified atom stereocenters. The van der Waals surface area contributed by atoms with E-state index in [4.69, 9.17) is 9.84 Å². The average molecular weight is 331 g/mol.